The van der Waals surface area contributed by atoms with Gasteiger partial charge in [0.2, 0.25) is 0 Å². The van der Waals surface area contributed by atoms with Crippen LogP contribution in [0.15, 0.2) is 46.5 Å². The summed E-state index contributed by atoms with van der Waals surface area (Å²) in [5.41, 5.74) is 0.331. The highest BCUT2D eigenvalue weighted by molar-refractivity contribution is 7.86. The Kier molecular flexibility index (Phi) is 7.99. The highest BCUT2D eigenvalue weighted by Gasteiger charge is 2.48. The zero-order valence-electron chi connectivity index (χ0n) is 18.2. The molecule has 1 aliphatic rings. The van der Waals surface area contributed by atoms with E-state index in [1.807, 2.05) is 0 Å². The van der Waals surface area contributed by atoms with Crippen molar-refractivity contribution in [1.82, 2.24) is 4.98 Å². The van der Waals surface area contributed by atoms with Crippen molar-refractivity contribution in [1.29, 1.82) is 0 Å². The van der Waals surface area contributed by atoms with Gasteiger partial charge in [-0.3, -0.25) is 9.19 Å². The standard InChI is InChI=1S/C20H19F3N4O7S/c1-13-16(24-8-7-17(13)33-12-19(21,22)23)11-35(31)20(18(28)32-9-4-10-34-27(29)30)25-14-5-2-3-6-15(14)26-20/h2-3,5-8H,4,9-12H2,1H3. The van der Waals surface area contributed by atoms with Gasteiger partial charge in [0.05, 0.1) is 46.2 Å². The molecule has 0 bridgehead atoms. The first kappa shape index (κ1) is 26.0. The maximum Gasteiger partial charge on any atom is 0.422 e. The third kappa shape index (κ3) is 6.49. The Balaban J connectivity index is 1.83. The summed E-state index contributed by atoms with van der Waals surface area (Å²) in [4.78, 5) is 37.7. The third-order valence-corrected chi connectivity index (χ3v) is 6.17. The van der Waals surface area contributed by atoms with E-state index in [-0.39, 0.29) is 36.6 Å². The summed E-state index contributed by atoms with van der Waals surface area (Å²) in [6, 6.07) is 7.65. The van der Waals surface area contributed by atoms with Crippen molar-refractivity contribution in [3.63, 3.8) is 0 Å². The number of halogens is 3. The van der Waals surface area contributed by atoms with Crippen molar-refractivity contribution in [3.05, 3.63) is 68.6 Å². The summed E-state index contributed by atoms with van der Waals surface area (Å²) in [6.07, 6.45) is -3.37. The zero-order chi connectivity index (χ0) is 25.6. The molecule has 15 heteroatoms. The molecule has 0 spiro atoms. The second-order valence-corrected chi connectivity index (χ2v) is 8.69. The highest BCUT2D eigenvalue weighted by atomic mass is 32.2. The summed E-state index contributed by atoms with van der Waals surface area (Å²) in [5.74, 6) is -1.55. The van der Waals surface area contributed by atoms with Gasteiger partial charge in [-0.05, 0) is 25.1 Å². The lowest BCUT2D eigenvalue weighted by Gasteiger charge is -2.21. The number of hydrogen-bond donors (Lipinski definition) is 0. The molecule has 3 rings (SSSR count). The summed E-state index contributed by atoms with van der Waals surface area (Å²) < 4.78 is 61.0. The Morgan fingerprint density at radius 2 is 1.83 bits per heavy atom. The van der Waals surface area contributed by atoms with Crippen LogP contribution in [-0.2, 0) is 30.9 Å². The molecule has 1 atom stereocenters. The van der Waals surface area contributed by atoms with Crippen molar-refractivity contribution in [2.75, 3.05) is 19.8 Å². The molecule has 0 amide bonds. The normalized spacial score (nSPS) is 14.7. The lowest BCUT2D eigenvalue weighted by atomic mass is 10.2. The first-order valence-electron chi connectivity index (χ1n) is 10.0. The monoisotopic (exact) mass is 516 g/mol. The number of ether oxygens (including phenoxy) is 2. The molecule has 0 saturated heterocycles. The predicted molar refractivity (Wildman–Crippen MR) is 112 cm³/mol. The van der Waals surface area contributed by atoms with Gasteiger partial charge in [-0.2, -0.15) is 13.2 Å². The maximum atomic E-state index is 13.5. The number of esters is 1. The van der Waals surface area contributed by atoms with Crippen LogP contribution in [0.2, 0.25) is 0 Å². The van der Waals surface area contributed by atoms with Gasteiger partial charge in [-0.1, -0.05) is 12.1 Å². The number of hydrogen-bond acceptors (Lipinski definition) is 10. The molecular formula is C20H19F3N4O7S. The molecule has 0 N–H and O–H groups in total. The van der Waals surface area contributed by atoms with Crippen LogP contribution < -0.4 is 15.5 Å². The minimum absolute atomic E-state index is 0.0123. The maximum absolute atomic E-state index is 13.5. The SMILES string of the molecule is Cc1c(OCC(F)(F)F)ccnc1CS(=O)C1(C(=O)OCCCO[N+](=O)[O-])N=c2ccccc2=N1. The van der Waals surface area contributed by atoms with Gasteiger partial charge in [0.25, 0.3) is 5.09 Å². The molecule has 1 unspecified atom stereocenters. The van der Waals surface area contributed by atoms with Gasteiger partial charge in [0.1, 0.15) is 5.75 Å². The number of para-hydroxylation sites is 2. The second-order valence-electron chi connectivity index (χ2n) is 7.14. The Labute approximate surface area is 198 Å². The molecular weight excluding hydrogens is 497 g/mol. The van der Waals surface area contributed by atoms with E-state index < -0.39 is 45.4 Å². The summed E-state index contributed by atoms with van der Waals surface area (Å²) >= 11 is 0. The van der Waals surface area contributed by atoms with Gasteiger partial charge < -0.3 is 14.3 Å². The van der Waals surface area contributed by atoms with Crippen molar-refractivity contribution < 1.29 is 41.6 Å². The molecule has 188 valence electrons. The van der Waals surface area contributed by atoms with Crippen LogP contribution in [0.4, 0.5) is 13.2 Å². The summed E-state index contributed by atoms with van der Waals surface area (Å²) in [5, 5.41) is 9.82. The number of rotatable bonds is 11. The first-order chi connectivity index (χ1) is 16.5. The van der Waals surface area contributed by atoms with Gasteiger partial charge in [-0.25, -0.2) is 14.8 Å². The fraction of sp³-hybridized carbons (Fsp3) is 0.400. The number of benzene rings is 1. The minimum atomic E-state index is -4.55. The van der Waals surface area contributed by atoms with E-state index in [0.29, 0.717) is 10.7 Å². The average Bonchev–Trinajstić information content (AvgIpc) is 3.19. The van der Waals surface area contributed by atoms with Crippen LogP contribution in [0.1, 0.15) is 17.7 Å². The number of carbonyl (C=O) groups excluding carboxylic acids is 1. The second kappa shape index (κ2) is 10.8. The van der Waals surface area contributed by atoms with Crippen LogP contribution in [0, 0.1) is 17.0 Å². The molecule has 11 nitrogen and oxygen atoms in total. The van der Waals surface area contributed by atoms with Crippen LogP contribution in [-0.4, -0.2) is 51.2 Å². The number of pyridine rings is 1. The Morgan fingerprint density at radius 1 is 1.17 bits per heavy atom. The van der Waals surface area contributed by atoms with E-state index >= 15 is 0 Å². The molecule has 2 aromatic rings. The van der Waals surface area contributed by atoms with E-state index in [9.17, 15) is 32.3 Å². The van der Waals surface area contributed by atoms with Crippen LogP contribution in [0.3, 0.4) is 0 Å². The zero-order valence-corrected chi connectivity index (χ0v) is 19.0. The molecule has 35 heavy (non-hydrogen) atoms. The minimum Gasteiger partial charge on any atom is -0.484 e. The Hall–Kier alpha value is -3.62. The van der Waals surface area contributed by atoms with Crippen LogP contribution in [0.25, 0.3) is 0 Å². The quantitative estimate of drug-likeness (QED) is 0.188. The fourth-order valence-electron chi connectivity index (χ4n) is 2.99. The molecule has 1 aromatic heterocycles. The largest absolute Gasteiger partial charge is 0.484 e. The lowest BCUT2D eigenvalue weighted by Crippen LogP contribution is -2.41. The van der Waals surface area contributed by atoms with E-state index in [1.165, 1.54) is 19.2 Å². The summed E-state index contributed by atoms with van der Waals surface area (Å²) in [7, 11) is -2.20. The highest BCUT2D eigenvalue weighted by Crippen LogP contribution is 2.28. The van der Waals surface area contributed by atoms with Gasteiger partial charge in [0.15, 0.2) is 6.61 Å². The molecule has 0 radical (unpaired) electrons. The Morgan fingerprint density at radius 3 is 2.43 bits per heavy atom. The van der Waals surface area contributed by atoms with Crippen molar-refractivity contribution in [3.8, 4) is 5.75 Å². The van der Waals surface area contributed by atoms with Gasteiger partial charge in [-0.15, -0.1) is 10.1 Å². The van der Waals surface area contributed by atoms with Crippen molar-refractivity contribution in [2.45, 2.75) is 30.3 Å². The summed E-state index contributed by atoms with van der Waals surface area (Å²) in [6.45, 7) is -0.677. The Bertz CT molecular complexity index is 1220. The molecule has 1 aromatic carbocycles. The lowest BCUT2D eigenvalue weighted by molar-refractivity contribution is -0.757. The van der Waals surface area contributed by atoms with Crippen LogP contribution in [0.5, 0.6) is 5.75 Å². The number of fused-ring (bicyclic) bond motifs is 1. The molecule has 2 heterocycles. The number of aromatic nitrogens is 1. The van der Waals surface area contributed by atoms with E-state index in [0.717, 1.165) is 0 Å². The van der Waals surface area contributed by atoms with Gasteiger partial charge >= 0.3 is 17.1 Å². The molecule has 0 saturated carbocycles. The third-order valence-electron chi connectivity index (χ3n) is 4.65. The van der Waals surface area contributed by atoms with Crippen molar-refractivity contribution >= 4 is 16.8 Å². The average molecular weight is 516 g/mol. The topological polar surface area (TPSA) is 143 Å². The van der Waals surface area contributed by atoms with Crippen LogP contribution >= 0.6 is 0 Å². The first-order valence-corrected chi connectivity index (χ1v) is 11.4. The number of carbonyl (C=O) groups is 1. The van der Waals surface area contributed by atoms with Crippen molar-refractivity contribution in [2.24, 2.45) is 9.98 Å². The van der Waals surface area contributed by atoms with E-state index in [2.05, 4.69) is 19.8 Å². The van der Waals surface area contributed by atoms with Gasteiger partial charge in [0, 0.05) is 18.2 Å². The number of nitrogens with zero attached hydrogens (tertiary/aromatic N) is 4. The molecule has 1 aliphatic heterocycles. The van der Waals surface area contributed by atoms with E-state index in [4.69, 9.17) is 9.47 Å². The number of alkyl halides is 3. The molecule has 0 fully saturated rings. The smallest absolute Gasteiger partial charge is 0.422 e. The predicted octanol–water partition coefficient (Wildman–Crippen LogP) is 1.33. The molecule has 0 aliphatic carbocycles. The van der Waals surface area contributed by atoms with E-state index in [1.54, 1.807) is 24.3 Å². The fourth-order valence-corrected chi connectivity index (χ4v) is 4.38.